The van der Waals surface area contributed by atoms with Gasteiger partial charge in [-0.25, -0.2) is 0 Å². The molecule has 20 heavy (non-hydrogen) atoms. The highest BCUT2D eigenvalue weighted by Crippen LogP contribution is 2.31. The monoisotopic (exact) mass is 337 g/mol. The van der Waals surface area contributed by atoms with Crippen molar-refractivity contribution in [2.75, 3.05) is 7.11 Å². The number of aliphatic imine (C=N–C) groups is 1. The third kappa shape index (κ3) is 3.12. The first-order valence-electron chi connectivity index (χ1n) is 6.41. The Bertz CT molecular complexity index is 600. The Morgan fingerprint density at radius 1 is 1.30 bits per heavy atom. The summed E-state index contributed by atoms with van der Waals surface area (Å²) in [5, 5.41) is 9.59. The van der Waals surface area contributed by atoms with Crippen LogP contribution in [0.5, 0.6) is 11.5 Å². The van der Waals surface area contributed by atoms with Crippen molar-refractivity contribution in [3.63, 3.8) is 0 Å². The van der Waals surface area contributed by atoms with E-state index in [0.29, 0.717) is 5.75 Å². The van der Waals surface area contributed by atoms with E-state index in [9.17, 15) is 5.11 Å². The van der Waals surface area contributed by atoms with E-state index in [1.807, 2.05) is 25.1 Å². The van der Waals surface area contributed by atoms with Crippen LogP contribution in [0.2, 0.25) is 0 Å². The van der Waals surface area contributed by atoms with Crippen LogP contribution in [-0.4, -0.2) is 17.9 Å². The fourth-order valence-corrected chi connectivity index (χ4v) is 2.36. The minimum Gasteiger partial charge on any atom is -0.504 e. The van der Waals surface area contributed by atoms with Gasteiger partial charge in [0.05, 0.1) is 12.8 Å². The molecule has 0 radical (unpaired) electrons. The summed E-state index contributed by atoms with van der Waals surface area (Å²) in [4.78, 5) is 4.60. The standard InChI is InChI=1S/C16H19NO2.BrH/c1-5-13-10(2)14(17-11(13)3)8-12-6-7-15(18)16(9-12)19-4;/h6-9,18H,5H2,1-4H3;1H/b14-8+;. The fraction of sp³-hybridized carbons (Fsp3) is 0.312. The maximum atomic E-state index is 9.59. The van der Waals surface area contributed by atoms with E-state index in [4.69, 9.17) is 4.74 Å². The van der Waals surface area contributed by atoms with Crippen LogP contribution in [0, 0.1) is 0 Å². The summed E-state index contributed by atoms with van der Waals surface area (Å²) in [6, 6.07) is 5.30. The van der Waals surface area contributed by atoms with Gasteiger partial charge in [-0.2, -0.15) is 0 Å². The van der Waals surface area contributed by atoms with Gasteiger partial charge in [0.15, 0.2) is 11.5 Å². The topological polar surface area (TPSA) is 41.8 Å². The van der Waals surface area contributed by atoms with E-state index in [0.717, 1.165) is 23.4 Å². The molecular weight excluding hydrogens is 318 g/mol. The van der Waals surface area contributed by atoms with E-state index >= 15 is 0 Å². The molecule has 1 aliphatic heterocycles. The quantitative estimate of drug-likeness (QED) is 0.880. The van der Waals surface area contributed by atoms with E-state index in [1.165, 1.54) is 11.1 Å². The Labute approximate surface area is 130 Å². The molecule has 4 heteroatoms. The molecule has 0 unspecified atom stereocenters. The highest BCUT2D eigenvalue weighted by atomic mass is 79.9. The molecule has 0 aliphatic carbocycles. The molecule has 0 saturated carbocycles. The molecule has 3 nitrogen and oxygen atoms in total. The first-order chi connectivity index (χ1) is 9.06. The van der Waals surface area contributed by atoms with Crippen molar-refractivity contribution in [3.8, 4) is 11.5 Å². The molecule has 0 fully saturated rings. The Morgan fingerprint density at radius 3 is 2.55 bits per heavy atom. The Morgan fingerprint density at radius 2 is 2.00 bits per heavy atom. The van der Waals surface area contributed by atoms with Crippen molar-refractivity contribution >= 4 is 28.8 Å². The van der Waals surface area contributed by atoms with Crippen molar-refractivity contribution in [1.29, 1.82) is 0 Å². The molecule has 1 N–H and O–H groups in total. The molecule has 0 aromatic heterocycles. The van der Waals surface area contributed by atoms with Gasteiger partial charge in [-0.1, -0.05) is 13.0 Å². The summed E-state index contributed by atoms with van der Waals surface area (Å²) in [5.41, 5.74) is 5.60. The number of phenolic OH excluding ortho intramolecular Hbond substituents is 1. The molecule has 1 aliphatic rings. The highest BCUT2D eigenvalue weighted by molar-refractivity contribution is 8.93. The van der Waals surface area contributed by atoms with Crippen molar-refractivity contribution < 1.29 is 9.84 Å². The lowest BCUT2D eigenvalue weighted by Gasteiger charge is -2.05. The number of halogens is 1. The van der Waals surface area contributed by atoms with Crippen LogP contribution < -0.4 is 4.74 Å². The van der Waals surface area contributed by atoms with Gasteiger partial charge in [0, 0.05) is 5.71 Å². The molecule has 1 heterocycles. The summed E-state index contributed by atoms with van der Waals surface area (Å²) in [6.07, 6.45) is 3.01. The van der Waals surface area contributed by atoms with Gasteiger partial charge in [-0.15, -0.1) is 17.0 Å². The molecule has 0 saturated heterocycles. The molecule has 2 rings (SSSR count). The first kappa shape index (κ1) is 16.5. The van der Waals surface area contributed by atoms with Gasteiger partial charge in [-0.3, -0.25) is 4.99 Å². The van der Waals surface area contributed by atoms with Crippen molar-refractivity contribution in [3.05, 3.63) is 40.6 Å². The second-order valence-corrected chi connectivity index (χ2v) is 4.62. The predicted octanol–water partition coefficient (Wildman–Crippen LogP) is 4.52. The number of phenols is 1. The normalized spacial score (nSPS) is 16.2. The average Bonchev–Trinajstić information content (AvgIpc) is 2.66. The number of aromatic hydroxyl groups is 1. The van der Waals surface area contributed by atoms with Crippen molar-refractivity contribution in [1.82, 2.24) is 0 Å². The zero-order valence-electron chi connectivity index (χ0n) is 12.2. The summed E-state index contributed by atoms with van der Waals surface area (Å²) in [5.74, 6) is 0.627. The number of allylic oxidation sites excluding steroid dienone is 2. The van der Waals surface area contributed by atoms with E-state index in [2.05, 4.69) is 18.8 Å². The van der Waals surface area contributed by atoms with Crippen molar-refractivity contribution in [2.45, 2.75) is 27.2 Å². The lowest BCUT2D eigenvalue weighted by Crippen LogP contribution is -1.91. The molecule has 1 aromatic carbocycles. The predicted molar refractivity (Wildman–Crippen MR) is 89.1 cm³/mol. The largest absolute Gasteiger partial charge is 0.504 e. The number of rotatable bonds is 3. The molecule has 1 aromatic rings. The van der Waals surface area contributed by atoms with Crippen LogP contribution in [0.4, 0.5) is 0 Å². The zero-order chi connectivity index (χ0) is 14.0. The van der Waals surface area contributed by atoms with Gasteiger partial charge in [-0.05, 0) is 55.2 Å². The zero-order valence-corrected chi connectivity index (χ0v) is 13.9. The second-order valence-electron chi connectivity index (χ2n) is 4.62. The van der Waals surface area contributed by atoms with Crippen LogP contribution in [0.1, 0.15) is 32.8 Å². The summed E-state index contributed by atoms with van der Waals surface area (Å²) >= 11 is 0. The molecule has 0 atom stereocenters. The summed E-state index contributed by atoms with van der Waals surface area (Å²) < 4.78 is 5.11. The number of hydrogen-bond donors (Lipinski definition) is 1. The summed E-state index contributed by atoms with van der Waals surface area (Å²) in [7, 11) is 1.55. The minimum absolute atomic E-state index is 0. The minimum atomic E-state index is 0. The second kappa shape index (κ2) is 6.75. The molecule has 0 amide bonds. The van der Waals surface area contributed by atoms with Crippen molar-refractivity contribution in [2.24, 2.45) is 4.99 Å². The van der Waals surface area contributed by atoms with Crippen LogP contribution in [0.15, 0.2) is 40.0 Å². The number of hydrogen-bond acceptors (Lipinski definition) is 3. The van der Waals surface area contributed by atoms with Crippen LogP contribution >= 0.6 is 17.0 Å². The fourth-order valence-electron chi connectivity index (χ4n) is 2.36. The Balaban J connectivity index is 0.00000200. The third-order valence-electron chi connectivity index (χ3n) is 3.42. The smallest absolute Gasteiger partial charge is 0.161 e. The van der Waals surface area contributed by atoms with Crippen LogP contribution in [0.25, 0.3) is 6.08 Å². The maximum Gasteiger partial charge on any atom is 0.161 e. The van der Waals surface area contributed by atoms with Gasteiger partial charge in [0.1, 0.15) is 0 Å². The summed E-state index contributed by atoms with van der Waals surface area (Å²) in [6.45, 7) is 6.28. The van der Waals surface area contributed by atoms with E-state index in [-0.39, 0.29) is 22.7 Å². The number of methoxy groups -OCH3 is 1. The molecule has 108 valence electrons. The van der Waals surface area contributed by atoms with Crippen LogP contribution in [0.3, 0.4) is 0 Å². The lowest BCUT2D eigenvalue weighted by molar-refractivity contribution is 0.373. The molecule has 0 bridgehead atoms. The number of ether oxygens (including phenoxy) is 1. The van der Waals surface area contributed by atoms with Gasteiger partial charge in [0.2, 0.25) is 0 Å². The Hall–Kier alpha value is -1.55. The number of nitrogens with zero attached hydrogens (tertiary/aromatic N) is 1. The molecular formula is C16H20BrNO2. The van der Waals surface area contributed by atoms with Gasteiger partial charge in [0.25, 0.3) is 0 Å². The van der Waals surface area contributed by atoms with E-state index in [1.54, 1.807) is 13.2 Å². The average molecular weight is 338 g/mol. The lowest BCUT2D eigenvalue weighted by atomic mass is 10.0. The highest BCUT2D eigenvalue weighted by Gasteiger charge is 2.15. The SMILES string of the molecule is Br.CCC1=C(C)/C(=C\c2ccc(O)c(OC)c2)N=C1C. The number of benzene rings is 1. The van der Waals surface area contributed by atoms with Gasteiger partial charge >= 0.3 is 0 Å². The Kier molecular flexibility index (Phi) is 5.57. The molecule has 0 spiro atoms. The van der Waals surface area contributed by atoms with Crippen LogP contribution in [-0.2, 0) is 0 Å². The van der Waals surface area contributed by atoms with E-state index < -0.39 is 0 Å². The first-order valence-corrected chi connectivity index (χ1v) is 6.41. The maximum absolute atomic E-state index is 9.59. The third-order valence-corrected chi connectivity index (χ3v) is 3.42. The van der Waals surface area contributed by atoms with Gasteiger partial charge < -0.3 is 9.84 Å².